The predicted molar refractivity (Wildman–Crippen MR) is 99.4 cm³/mol. The molecule has 1 aliphatic heterocycles. The van der Waals surface area contributed by atoms with Gasteiger partial charge in [0.2, 0.25) is 5.78 Å². The molecule has 3 rings (SSSR count). The molecule has 1 atom stereocenters. The summed E-state index contributed by atoms with van der Waals surface area (Å²) >= 11 is 1.40. The summed E-state index contributed by atoms with van der Waals surface area (Å²) in [6, 6.07) is 10.8. The Labute approximate surface area is 152 Å². The third kappa shape index (κ3) is 3.86. The highest BCUT2D eigenvalue weighted by Gasteiger charge is 2.28. The van der Waals surface area contributed by atoms with E-state index in [0.29, 0.717) is 21.9 Å². The van der Waals surface area contributed by atoms with Crippen molar-refractivity contribution in [2.45, 2.75) is 6.42 Å². The lowest BCUT2D eigenvalue weighted by atomic mass is 10.0. The van der Waals surface area contributed by atoms with Crippen LogP contribution >= 0.6 is 23.7 Å². The van der Waals surface area contributed by atoms with E-state index in [1.165, 1.54) is 11.3 Å². The van der Waals surface area contributed by atoms with Gasteiger partial charge < -0.3 is 10.2 Å². The molecule has 2 heterocycles. The Balaban J connectivity index is 0.00000208. The summed E-state index contributed by atoms with van der Waals surface area (Å²) in [6.45, 7) is 2.42. The molecular formula is C18H21ClN2O2S. The zero-order chi connectivity index (χ0) is 16.2. The fourth-order valence-corrected chi connectivity index (χ4v) is 3.73. The van der Waals surface area contributed by atoms with Gasteiger partial charge in [-0.25, -0.2) is 0 Å². The molecule has 0 spiro atoms. The van der Waals surface area contributed by atoms with Gasteiger partial charge in [-0.05, 0) is 43.4 Å². The molecule has 1 aromatic carbocycles. The number of halogens is 1. The van der Waals surface area contributed by atoms with Crippen LogP contribution in [0.15, 0.2) is 41.8 Å². The van der Waals surface area contributed by atoms with Crippen LogP contribution in [0.25, 0.3) is 0 Å². The first-order chi connectivity index (χ1) is 11.2. The van der Waals surface area contributed by atoms with Crippen LogP contribution in [0.3, 0.4) is 0 Å². The van der Waals surface area contributed by atoms with Gasteiger partial charge in [0.15, 0.2) is 0 Å². The second kappa shape index (κ2) is 8.42. The highest BCUT2D eigenvalue weighted by atomic mass is 35.5. The molecule has 1 saturated heterocycles. The van der Waals surface area contributed by atoms with E-state index < -0.39 is 0 Å². The van der Waals surface area contributed by atoms with Crippen LogP contribution in [-0.4, -0.2) is 43.3 Å². The molecule has 0 aliphatic carbocycles. The Kier molecular flexibility index (Phi) is 6.54. The van der Waals surface area contributed by atoms with Crippen LogP contribution in [0.1, 0.15) is 32.0 Å². The molecule has 1 unspecified atom stereocenters. The zero-order valence-corrected chi connectivity index (χ0v) is 15.2. The van der Waals surface area contributed by atoms with Crippen molar-refractivity contribution in [1.29, 1.82) is 0 Å². The maximum atomic E-state index is 12.8. The van der Waals surface area contributed by atoms with E-state index in [9.17, 15) is 9.59 Å². The van der Waals surface area contributed by atoms with Crippen LogP contribution in [-0.2, 0) is 0 Å². The summed E-state index contributed by atoms with van der Waals surface area (Å²) in [6.07, 6.45) is 1.01. The molecule has 4 nitrogen and oxygen atoms in total. The van der Waals surface area contributed by atoms with Crippen molar-refractivity contribution in [2.75, 3.05) is 26.7 Å². The number of thiophene rings is 1. The Morgan fingerprint density at radius 1 is 1.21 bits per heavy atom. The van der Waals surface area contributed by atoms with Crippen molar-refractivity contribution in [1.82, 2.24) is 10.2 Å². The summed E-state index contributed by atoms with van der Waals surface area (Å²) < 4.78 is 0. The maximum absolute atomic E-state index is 12.8. The molecule has 6 heteroatoms. The molecule has 2 aromatic rings. The fraction of sp³-hybridized carbons (Fsp3) is 0.333. The number of ketones is 1. The van der Waals surface area contributed by atoms with Crippen molar-refractivity contribution in [3.05, 3.63) is 57.8 Å². The molecule has 128 valence electrons. The first kappa shape index (κ1) is 18.6. The molecule has 1 amide bonds. The fourth-order valence-electron chi connectivity index (χ4n) is 3.05. The Morgan fingerprint density at radius 2 is 1.96 bits per heavy atom. The lowest BCUT2D eigenvalue weighted by molar-refractivity contribution is 0.0782. The minimum Gasteiger partial charge on any atom is -0.338 e. The van der Waals surface area contributed by atoms with E-state index in [1.54, 1.807) is 18.2 Å². The van der Waals surface area contributed by atoms with Crippen molar-refractivity contribution < 1.29 is 9.59 Å². The topological polar surface area (TPSA) is 49.4 Å². The van der Waals surface area contributed by atoms with Gasteiger partial charge in [0, 0.05) is 18.7 Å². The molecule has 1 aromatic heterocycles. The van der Waals surface area contributed by atoms with Gasteiger partial charge in [-0.1, -0.05) is 24.3 Å². The number of hydrogen-bond acceptors (Lipinski definition) is 4. The number of carbonyl (C=O) groups excluding carboxylic acids is 2. The predicted octanol–water partition coefficient (Wildman–Crippen LogP) is 3.08. The third-order valence-corrected chi connectivity index (χ3v) is 5.08. The van der Waals surface area contributed by atoms with E-state index >= 15 is 0 Å². The standard InChI is InChI=1S/C18H20N2O2S.ClH/c1-19-11-13-8-9-20(12-13)18(22)15-6-3-2-5-14(15)17(21)16-7-4-10-23-16;/h2-7,10,13,19H,8-9,11-12H2,1H3;1H. The molecule has 1 fully saturated rings. The molecule has 0 radical (unpaired) electrons. The molecule has 1 aliphatic rings. The zero-order valence-electron chi connectivity index (χ0n) is 13.5. The van der Waals surface area contributed by atoms with Crippen LogP contribution in [0, 0.1) is 5.92 Å². The second-order valence-corrected chi connectivity index (χ2v) is 6.76. The van der Waals surface area contributed by atoms with Crippen LogP contribution in [0.2, 0.25) is 0 Å². The average molecular weight is 365 g/mol. The SMILES string of the molecule is CNCC1CCN(C(=O)c2ccccc2C(=O)c2cccs2)C1.Cl. The van der Waals surface area contributed by atoms with Crippen molar-refractivity contribution in [2.24, 2.45) is 5.92 Å². The number of nitrogens with zero attached hydrogens (tertiary/aromatic N) is 1. The molecule has 24 heavy (non-hydrogen) atoms. The van der Waals surface area contributed by atoms with E-state index in [4.69, 9.17) is 0 Å². The monoisotopic (exact) mass is 364 g/mol. The van der Waals surface area contributed by atoms with Gasteiger partial charge in [-0.15, -0.1) is 23.7 Å². The number of benzene rings is 1. The van der Waals surface area contributed by atoms with Crippen molar-refractivity contribution in [3.63, 3.8) is 0 Å². The lowest BCUT2D eigenvalue weighted by Gasteiger charge is -2.18. The normalized spacial score (nSPS) is 16.7. The highest BCUT2D eigenvalue weighted by Crippen LogP contribution is 2.22. The first-order valence-electron chi connectivity index (χ1n) is 7.82. The minimum atomic E-state index is -0.0741. The van der Waals surface area contributed by atoms with Gasteiger partial charge in [0.05, 0.1) is 10.4 Å². The van der Waals surface area contributed by atoms with Gasteiger partial charge in [-0.3, -0.25) is 9.59 Å². The largest absolute Gasteiger partial charge is 0.338 e. The number of likely N-dealkylation sites (tertiary alicyclic amines) is 1. The van der Waals surface area contributed by atoms with Gasteiger partial charge in [0.25, 0.3) is 5.91 Å². The first-order valence-corrected chi connectivity index (χ1v) is 8.69. The second-order valence-electron chi connectivity index (χ2n) is 5.82. The summed E-state index contributed by atoms with van der Waals surface area (Å²) in [5.41, 5.74) is 1.01. The summed E-state index contributed by atoms with van der Waals surface area (Å²) in [5.74, 6) is 0.378. The third-order valence-electron chi connectivity index (χ3n) is 4.21. The van der Waals surface area contributed by atoms with Crippen LogP contribution in [0.4, 0.5) is 0 Å². The Morgan fingerprint density at radius 3 is 2.62 bits per heavy atom. The smallest absolute Gasteiger partial charge is 0.254 e. The average Bonchev–Trinajstić information content (AvgIpc) is 3.26. The van der Waals surface area contributed by atoms with Crippen LogP contribution in [0.5, 0.6) is 0 Å². The van der Waals surface area contributed by atoms with Crippen molar-refractivity contribution in [3.8, 4) is 0 Å². The van der Waals surface area contributed by atoms with Crippen molar-refractivity contribution >= 4 is 35.4 Å². The highest BCUT2D eigenvalue weighted by molar-refractivity contribution is 7.12. The molecule has 1 N–H and O–H groups in total. The van der Waals surface area contributed by atoms with E-state index in [2.05, 4.69) is 5.32 Å². The van der Waals surface area contributed by atoms with Gasteiger partial charge in [-0.2, -0.15) is 0 Å². The van der Waals surface area contributed by atoms with Gasteiger partial charge in [0.1, 0.15) is 0 Å². The summed E-state index contributed by atoms with van der Waals surface area (Å²) in [5, 5.41) is 5.04. The number of hydrogen-bond donors (Lipinski definition) is 1. The van der Waals surface area contributed by atoms with E-state index in [-0.39, 0.29) is 24.1 Å². The molecular weight excluding hydrogens is 344 g/mol. The number of rotatable bonds is 5. The molecule has 0 bridgehead atoms. The van der Waals surface area contributed by atoms with E-state index in [0.717, 1.165) is 26.1 Å². The van der Waals surface area contributed by atoms with E-state index in [1.807, 2.05) is 35.5 Å². The van der Waals surface area contributed by atoms with Gasteiger partial charge >= 0.3 is 0 Å². The van der Waals surface area contributed by atoms with Crippen LogP contribution < -0.4 is 5.32 Å². The minimum absolute atomic E-state index is 0. The molecule has 0 saturated carbocycles. The lowest BCUT2D eigenvalue weighted by Crippen LogP contribution is -2.31. The Bertz CT molecular complexity index is 703. The summed E-state index contributed by atoms with van der Waals surface area (Å²) in [7, 11) is 1.93. The number of amides is 1. The summed E-state index contributed by atoms with van der Waals surface area (Å²) in [4.78, 5) is 28.0. The number of carbonyl (C=O) groups is 2. The Hall–Kier alpha value is -1.69. The maximum Gasteiger partial charge on any atom is 0.254 e. The number of nitrogens with one attached hydrogen (secondary N) is 1. The quantitative estimate of drug-likeness (QED) is 0.829.